The van der Waals surface area contributed by atoms with E-state index in [1.165, 1.54) is 24.6 Å². The number of nitrogens with zero attached hydrogens (tertiary/aromatic N) is 3. The normalized spacial score (nSPS) is 11.8. The molecule has 1 aromatic heterocycles. The minimum absolute atomic E-state index is 0.221. The molecule has 0 fully saturated rings. The predicted molar refractivity (Wildman–Crippen MR) is 68.7 cm³/mol. The van der Waals surface area contributed by atoms with E-state index in [4.69, 9.17) is 0 Å². The molecule has 0 aliphatic heterocycles. The van der Waals surface area contributed by atoms with Crippen molar-refractivity contribution < 1.29 is 8.42 Å². The quantitative estimate of drug-likeness (QED) is 0.795. The summed E-state index contributed by atoms with van der Waals surface area (Å²) in [6.07, 6.45) is 1.41. The van der Waals surface area contributed by atoms with Crippen molar-refractivity contribution in [2.75, 3.05) is 32.1 Å². The monoisotopic (exact) mass is 257 g/mol. The molecule has 0 aromatic carbocycles. The zero-order valence-corrected chi connectivity index (χ0v) is 11.5. The Balaban J connectivity index is 3.04. The van der Waals surface area contributed by atoms with Crippen molar-refractivity contribution in [2.24, 2.45) is 0 Å². The smallest absolute Gasteiger partial charge is 0.244 e. The molecule has 0 unspecified atom stereocenters. The van der Waals surface area contributed by atoms with Crippen LogP contribution in [0.3, 0.4) is 0 Å². The van der Waals surface area contributed by atoms with E-state index in [1.807, 2.05) is 13.8 Å². The van der Waals surface area contributed by atoms with Crippen LogP contribution in [-0.4, -0.2) is 44.9 Å². The fourth-order valence-electron chi connectivity index (χ4n) is 1.47. The summed E-state index contributed by atoms with van der Waals surface area (Å²) in [5, 5.41) is 0. The first kappa shape index (κ1) is 13.9. The van der Waals surface area contributed by atoms with Gasteiger partial charge in [0.25, 0.3) is 0 Å². The lowest BCUT2D eigenvalue weighted by Gasteiger charge is -2.20. The minimum atomic E-state index is -3.38. The Bertz CT molecular complexity index is 450. The number of hydrogen-bond donors (Lipinski definition) is 0. The zero-order chi connectivity index (χ0) is 13.1. The summed E-state index contributed by atoms with van der Waals surface area (Å²) in [7, 11) is -0.365. The topological polar surface area (TPSA) is 53.5 Å². The molecule has 0 atom stereocenters. The molecular weight excluding hydrogens is 238 g/mol. The van der Waals surface area contributed by atoms with Gasteiger partial charge >= 0.3 is 0 Å². The van der Waals surface area contributed by atoms with E-state index < -0.39 is 10.0 Å². The van der Waals surface area contributed by atoms with Gasteiger partial charge in [0, 0.05) is 33.4 Å². The fourth-order valence-corrected chi connectivity index (χ4v) is 2.32. The number of aromatic nitrogens is 1. The van der Waals surface area contributed by atoms with Crippen LogP contribution in [0.5, 0.6) is 0 Å². The standard InChI is InChI=1S/C11H19N3O2S/c1-5-14(6-2)11-8-7-10(9-12-11)17(15,16)13(3)4/h7-9H,5-6H2,1-4H3. The van der Waals surface area contributed by atoms with Crippen molar-refractivity contribution >= 4 is 15.8 Å². The molecule has 1 heterocycles. The van der Waals surface area contributed by atoms with Crippen LogP contribution in [0.4, 0.5) is 5.82 Å². The largest absolute Gasteiger partial charge is 0.357 e. The van der Waals surface area contributed by atoms with Crippen LogP contribution in [-0.2, 0) is 10.0 Å². The molecule has 17 heavy (non-hydrogen) atoms. The summed E-state index contributed by atoms with van der Waals surface area (Å²) < 4.78 is 24.8. The van der Waals surface area contributed by atoms with E-state index in [0.29, 0.717) is 0 Å². The highest BCUT2D eigenvalue weighted by molar-refractivity contribution is 7.89. The van der Waals surface area contributed by atoms with Crippen molar-refractivity contribution in [1.82, 2.24) is 9.29 Å². The van der Waals surface area contributed by atoms with Crippen LogP contribution in [0.15, 0.2) is 23.2 Å². The van der Waals surface area contributed by atoms with Gasteiger partial charge in [-0.3, -0.25) is 0 Å². The third kappa shape index (κ3) is 2.95. The highest BCUT2D eigenvalue weighted by Crippen LogP contribution is 2.16. The number of sulfonamides is 1. The first-order valence-electron chi connectivity index (χ1n) is 5.57. The van der Waals surface area contributed by atoms with Gasteiger partial charge in [0.05, 0.1) is 0 Å². The number of rotatable bonds is 5. The molecule has 0 radical (unpaired) electrons. The molecular formula is C11H19N3O2S. The van der Waals surface area contributed by atoms with Crippen molar-refractivity contribution in [3.05, 3.63) is 18.3 Å². The van der Waals surface area contributed by atoms with Gasteiger partial charge in [0.1, 0.15) is 10.7 Å². The highest BCUT2D eigenvalue weighted by Gasteiger charge is 2.17. The second-order valence-electron chi connectivity index (χ2n) is 3.81. The number of hydrogen-bond acceptors (Lipinski definition) is 4. The van der Waals surface area contributed by atoms with Crippen molar-refractivity contribution in [3.8, 4) is 0 Å². The van der Waals surface area contributed by atoms with Gasteiger partial charge in [-0.05, 0) is 26.0 Å². The van der Waals surface area contributed by atoms with Crippen LogP contribution < -0.4 is 4.90 Å². The van der Waals surface area contributed by atoms with E-state index >= 15 is 0 Å². The summed E-state index contributed by atoms with van der Waals surface area (Å²) in [5.41, 5.74) is 0. The van der Waals surface area contributed by atoms with E-state index in [0.717, 1.165) is 18.9 Å². The zero-order valence-electron chi connectivity index (χ0n) is 10.7. The molecule has 0 spiro atoms. The van der Waals surface area contributed by atoms with Crippen LogP contribution in [0.2, 0.25) is 0 Å². The molecule has 6 heteroatoms. The van der Waals surface area contributed by atoms with Gasteiger partial charge < -0.3 is 4.90 Å². The molecule has 0 amide bonds. The van der Waals surface area contributed by atoms with Crippen molar-refractivity contribution in [2.45, 2.75) is 18.7 Å². The molecule has 0 aliphatic carbocycles. The van der Waals surface area contributed by atoms with Gasteiger partial charge in [0.2, 0.25) is 10.0 Å². The molecule has 96 valence electrons. The minimum Gasteiger partial charge on any atom is -0.357 e. The van der Waals surface area contributed by atoms with Crippen molar-refractivity contribution in [3.63, 3.8) is 0 Å². The van der Waals surface area contributed by atoms with E-state index in [2.05, 4.69) is 9.88 Å². The Morgan fingerprint density at radius 1 is 1.18 bits per heavy atom. The van der Waals surface area contributed by atoms with Crippen LogP contribution in [0.1, 0.15) is 13.8 Å². The molecule has 1 aromatic rings. The third-order valence-electron chi connectivity index (χ3n) is 2.59. The molecule has 0 saturated heterocycles. The average molecular weight is 257 g/mol. The first-order valence-corrected chi connectivity index (χ1v) is 7.01. The maximum Gasteiger partial charge on any atom is 0.244 e. The summed E-state index contributed by atoms with van der Waals surface area (Å²) >= 11 is 0. The summed E-state index contributed by atoms with van der Waals surface area (Å²) in [6.45, 7) is 5.78. The fraction of sp³-hybridized carbons (Fsp3) is 0.545. The Hall–Kier alpha value is -1.14. The van der Waals surface area contributed by atoms with Crippen LogP contribution >= 0.6 is 0 Å². The second kappa shape index (κ2) is 5.46. The molecule has 1 rings (SSSR count). The number of anilines is 1. The van der Waals surface area contributed by atoms with Gasteiger partial charge in [-0.1, -0.05) is 0 Å². The lowest BCUT2D eigenvalue weighted by molar-refractivity contribution is 0.520. The summed E-state index contributed by atoms with van der Waals surface area (Å²) in [5.74, 6) is 0.799. The van der Waals surface area contributed by atoms with E-state index in [-0.39, 0.29) is 4.90 Å². The summed E-state index contributed by atoms with van der Waals surface area (Å²) in [6, 6.07) is 3.33. The second-order valence-corrected chi connectivity index (χ2v) is 5.96. The summed E-state index contributed by atoms with van der Waals surface area (Å²) in [4.78, 5) is 6.47. The van der Waals surface area contributed by atoms with Gasteiger partial charge in [-0.15, -0.1) is 0 Å². The van der Waals surface area contributed by atoms with Crippen LogP contribution in [0.25, 0.3) is 0 Å². The first-order chi connectivity index (χ1) is 7.93. The number of pyridine rings is 1. The van der Waals surface area contributed by atoms with Gasteiger partial charge in [-0.2, -0.15) is 0 Å². The molecule has 0 N–H and O–H groups in total. The average Bonchev–Trinajstić information content (AvgIpc) is 2.31. The van der Waals surface area contributed by atoms with Gasteiger partial charge in [0.15, 0.2) is 0 Å². The lowest BCUT2D eigenvalue weighted by Crippen LogP contribution is -2.24. The Kier molecular flexibility index (Phi) is 4.47. The van der Waals surface area contributed by atoms with Crippen LogP contribution in [0, 0.1) is 0 Å². The molecule has 0 saturated carbocycles. The molecule has 5 nitrogen and oxygen atoms in total. The molecule has 0 aliphatic rings. The highest BCUT2D eigenvalue weighted by atomic mass is 32.2. The molecule has 0 bridgehead atoms. The third-order valence-corrected chi connectivity index (χ3v) is 4.39. The Labute approximate surface area is 103 Å². The van der Waals surface area contributed by atoms with Crippen molar-refractivity contribution in [1.29, 1.82) is 0 Å². The predicted octanol–water partition coefficient (Wildman–Crippen LogP) is 1.18. The van der Waals surface area contributed by atoms with Gasteiger partial charge in [-0.25, -0.2) is 17.7 Å². The SMILES string of the molecule is CCN(CC)c1ccc(S(=O)(=O)N(C)C)cn1. The maximum atomic E-state index is 11.8. The Morgan fingerprint density at radius 3 is 2.12 bits per heavy atom. The Morgan fingerprint density at radius 2 is 1.76 bits per heavy atom. The maximum absolute atomic E-state index is 11.8. The lowest BCUT2D eigenvalue weighted by atomic mass is 10.4. The van der Waals surface area contributed by atoms with E-state index in [1.54, 1.807) is 12.1 Å². The van der Waals surface area contributed by atoms with E-state index in [9.17, 15) is 8.42 Å².